The number of hydrogen-bond acceptors (Lipinski definition) is 2. The van der Waals surface area contributed by atoms with E-state index >= 15 is 0 Å². The molecule has 1 aliphatic rings. The molecule has 1 aliphatic carbocycles. The predicted molar refractivity (Wildman–Crippen MR) is 348 cm³/mol. The van der Waals surface area contributed by atoms with Crippen molar-refractivity contribution in [2.45, 2.75) is 110 Å². The zero-order valence-electron chi connectivity index (χ0n) is 49.0. The summed E-state index contributed by atoms with van der Waals surface area (Å²) in [6, 6.07) is 89.0. The van der Waals surface area contributed by atoms with Gasteiger partial charge in [-0.1, -0.05) is 280 Å². The Morgan fingerprint density at radius 2 is 0.625 bits per heavy atom. The normalized spacial score (nSPS) is 13.0. The molecule has 0 N–H and O–H groups in total. The summed E-state index contributed by atoms with van der Waals surface area (Å²) in [5, 5.41) is 3.93. The van der Waals surface area contributed by atoms with Crippen molar-refractivity contribution in [1.82, 2.24) is 0 Å². The molecule has 10 aromatic carbocycles. The fourth-order valence-electron chi connectivity index (χ4n) is 12.4. The maximum Gasteiger partial charge on any atom is 0.0776 e. The Morgan fingerprint density at radius 1 is 0.325 bits per heavy atom. The molecule has 0 aliphatic heterocycles. The molecule has 0 bridgehead atoms. The minimum absolute atomic E-state index is 0.185. The quantitative estimate of drug-likeness (QED) is 0.0746. The molecule has 80 heavy (non-hydrogen) atoms. The van der Waals surface area contributed by atoms with Crippen molar-refractivity contribution in [3.8, 4) is 0 Å². The number of benzene rings is 10. The molecule has 0 spiro atoms. The lowest BCUT2D eigenvalue weighted by atomic mass is 9.78. The number of hydrogen-bond donors (Lipinski definition) is 0. The first-order valence-electron chi connectivity index (χ1n) is 28.9. The Hall–Kier alpha value is -7.98. The molecule has 0 saturated carbocycles. The van der Waals surface area contributed by atoms with Crippen molar-refractivity contribution >= 4 is 64.2 Å². The predicted octanol–water partition coefficient (Wildman–Crippen LogP) is 20.6. The zero-order valence-corrected chi connectivity index (χ0v) is 50.0. The minimum Gasteiger partial charge on any atom is -0.310 e. The molecule has 10 aromatic rings. The highest BCUT2D eigenvalue weighted by molar-refractivity contribution is 6.88. The van der Waals surface area contributed by atoms with E-state index in [1.54, 1.807) is 0 Å². The Bertz CT molecular complexity index is 3600. The highest BCUT2D eigenvalue weighted by Gasteiger charge is 2.33. The molecule has 3 heteroatoms. The maximum atomic E-state index is 2.59. The maximum absolute atomic E-state index is 2.59. The van der Waals surface area contributed by atoms with Crippen molar-refractivity contribution in [1.29, 1.82) is 0 Å². The Labute approximate surface area is 479 Å². The van der Waals surface area contributed by atoms with Crippen LogP contribution in [0.25, 0.3) is 16.8 Å². The minimum atomic E-state index is -1.85. The van der Waals surface area contributed by atoms with Crippen molar-refractivity contribution in [2.24, 2.45) is 0 Å². The first-order chi connectivity index (χ1) is 38.3. The topological polar surface area (TPSA) is 6.48 Å². The molecule has 400 valence electrons. The molecular weight excluding hydrogens is 981 g/mol. The van der Waals surface area contributed by atoms with E-state index in [0.717, 1.165) is 35.6 Å². The van der Waals surface area contributed by atoms with Crippen LogP contribution in [0.1, 0.15) is 117 Å². The first kappa shape index (κ1) is 54.0. The number of fused-ring (bicyclic) bond motifs is 2. The summed E-state index contributed by atoms with van der Waals surface area (Å²) in [4.78, 5) is 5.17. The van der Waals surface area contributed by atoms with Crippen molar-refractivity contribution in [3.05, 3.63) is 298 Å². The number of allylic oxidation sites excluding steroid dienone is 1. The molecule has 0 radical (unpaired) electrons. The van der Waals surface area contributed by atoms with Gasteiger partial charge in [-0.15, -0.1) is 0 Å². The van der Waals surface area contributed by atoms with Crippen LogP contribution >= 0.6 is 0 Å². The summed E-state index contributed by atoms with van der Waals surface area (Å²) in [7, 11) is -1.85. The van der Waals surface area contributed by atoms with Gasteiger partial charge >= 0.3 is 0 Å². The number of rotatable bonds is 15. The molecule has 2 nitrogen and oxygen atoms in total. The van der Waals surface area contributed by atoms with Crippen molar-refractivity contribution in [3.63, 3.8) is 0 Å². The largest absolute Gasteiger partial charge is 0.310 e. The summed E-state index contributed by atoms with van der Waals surface area (Å²) >= 11 is 0. The highest BCUT2D eigenvalue weighted by Crippen LogP contribution is 2.53. The van der Waals surface area contributed by atoms with Crippen LogP contribution in [0.15, 0.2) is 243 Å². The molecule has 0 amide bonds. The van der Waals surface area contributed by atoms with Crippen LogP contribution in [-0.2, 0) is 28.1 Å². The Morgan fingerprint density at radius 3 is 0.938 bits per heavy atom. The monoisotopic (exact) mass is 1060 g/mol. The van der Waals surface area contributed by atoms with Gasteiger partial charge in [0.05, 0.1) is 19.4 Å². The SMILES string of the molecule is CC(C)(c1ccccc1)c1ccc(N(c2ccc(C(C)(C)c3ccccc3)cc2)c2c3c(c(N(c4ccc(C(C)(C)c5ccccc5)cc4)c4ccc(C(C)(C)c5ccccc5)cc4)c4ccc([Si](C)(C)C)cc24)CCC=C3)cc1. The lowest BCUT2D eigenvalue weighted by Crippen LogP contribution is -2.37. The smallest absolute Gasteiger partial charge is 0.0776 e. The second kappa shape index (κ2) is 21.2. The first-order valence-corrected chi connectivity index (χ1v) is 32.4. The van der Waals surface area contributed by atoms with Gasteiger partial charge in [-0.05, 0) is 111 Å². The van der Waals surface area contributed by atoms with E-state index < -0.39 is 8.07 Å². The lowest BCUT2D eigenvalue weighted by Gasteiger charge is -2.37. The second-order valence-corrected chi connectivity index (χ2v) is 30.4. The number of nitrogens with zero attached hydrogens (tertiary/aromatic N) is 2. The van der Waals surface area contributed by atoms with Crippen LogP contribution in [0.3, 0.4) is 0 Å². The summed E-state index contributed by atoms with van der Waals surface area (Å²) < 4.78 is 0. The Balaban J connectivity index is 1.16. The molecule has 0 atom stereocenters. The summed E-state index contributed by atoms with van der Waals surface area (Å²) in [5.41, 5.74) is 19.2. The van der Waals surface area contributed by atoms with Crippen LogP contribution in [0.5, 0.6) is 0 Å². The zero-order chi connectivity index (χ0) is 56.0. The number of anilines is 6. The van der Waals surface area contributed by atoms with Gasteiger partial charge in [0.2, 0.25) is 0 Å². The van der Waals surface area contributed by atoms with E-state index in [-0.39, 0.29) is 21.7 Å². The van der Waals surface area contributed by atoms with Gasteiger partial charge in [0.1, 0.15) is 0 Å². The molecule has 0 heterocycles. The van der Waals surface area contributed by atoms with E-state index in [0.29, 0.717) is 0 Å². The van der Waals surface area contributed by atoms with Gasteiger partial charge in [-0.3, -0.25) is 0 Å². The standard InChI is InChI=1S/C77H78N2Si/c1-74(2,55-26-16-12-17-27-55)59-36-44-63(45-37-59)78(64-46-38-60(39-47-64)75(3,4)56-28-18-13-19-29-56)72-68-34-24-25-35-69(68)73(71-54-67(80(9,10)11)52-53-70(71)72)79(65-48-40-61(41-49-65)76(5,6)57-30-20-14-21-31-57)66-50-42-62(43-51-66)77(7,8)58-32-22-15-23-33-58/h12-23,25-33,35-54H,24,34H2,1-11H3. The lowest BCUT2D eigenvalue weighted by molar-refractivity contribution is 0.640. The van der Waals surface area contributed by atoms with Gasteiger partial charge in [-0.2, -0.15) is 0 Å². The average Bonchev–Trinajstić information content (AvgIpc) is 3.59. The van der Waals surface area contributed by atoms with Gasteiger partial charge in [-0.25, -0.2) is 0 Å². The van der Waals surface area contributed by atoms with Crippen molar-refractivity contribution < 1.29 is 0 Å². The van der Waals surface area contributed by atoms with Crippen molar-refractivity contribution in [2.75, 3.05) is 9.80 Å². The highest BCUT2D eigenvalue weighted by atomic mass is 28.3. The average molecular weight is 1060 g/mol. The molecule has 11 rings (SSSR count). The van der Waals surface area contributed by atoms with Gasteiger partial charge in [0.15, 0.2) is 0 Å². The molecule has 0 aromatic heterocycles. The van der Waals surface area contributed by atoms with E-state index in [1.165, 1.54) is 83.0 Å². The third-order valence-corrected chi connectivity index (χ3v) is 20.0. The van der Waals surface area contributed by atoms with Gasteiger partial charge in [0.25, 0.3) is 0 Å². The molecule has 0 saturated heterocycles. The third kappa shape index (κ3) is 10.1. The Kier molecular flexibility index (Phi) is 14.3. The van der Waals surface area contributed by atoms with Gasteiger partial charge < -0.3 is 9.80 Å². The fraction of sp³-hybridized carbons (Fsp3) is 0.221. The molecule has 0 unspecified atom stereocenters. The van der Waals surface area contributed by atoms with Crippen LogP contribution in [0, 0.1) is 0 Å². The third-order valence-electron chi connectivity index (χ3n) is 17.9. The van der Waals surface area contributed by atoms with E-state index in [4.69, 9.17) is 0 Å². The van der Waals surface area contributed by atoms with Crippen LogP contribution in [-0.4, -0.2) is 8.07 Å². The summed E-state index contributed by atoms with van der Waals surface area (Å²) in [6.45, 7) is 26.2. The molecule has 0 fully saturated rings. The van der Waals surface area contributed by atoms with E-state index in [9.17, 15) is 0 Å². The fourth-order valence-corrected chi connectivity index (χ4v) is 13.5. The summed E-state index contributed by atoms with van der Waals surface area (Å²) in [5.74, 6) is 0. The second-order valence-electron chi connectivity index (χ2n) is 25.4. The van der Waals surface area contributed by atoms with Gasteiger partial charge in [0, 0.05) is 60.7 Å². The van der Waals surface area contributed by atoms with Crippen LogP contribution in [0.4, 0.5) is 34.1 Å². The van der Waals surface area contributed by atoms with Crippen LogP contribution in [0.2, 0.25) is 19.6 Å². The van der Waals surface area contributed by atoms with E-state index in [1.807, 2.05) is 0 Å². The summed E-state index contributed by atoms with van der Waals surface area (Å²) in [6.07, 6.45) is 6.70. The van der Waals surface area contributed by atoms with E-state index in [2.05, 4.69) is 334 Å². The molecular formula is C77H78N2Si. The van der Waals surface area contributed by atoms with Crippen LogP contribution < -0.4 is 15.0 Å².